The first-order valence-electron chi connectivity index (χ1n) is 6.51. The van der Waals surface area contributed by atoms with E-state index in [4.69, 9.17) is 8.85 Å². The summed E-state index contributed by atoms with van der Waals surface area (Å²) in [5.41, 5.74) is 0. The predicted molar refractivity (Wildman–Crippen MR) is 82.7 cm³/mol. The summed E-state index contributed by atoms with van der Waals surface area (Å²) >= 11 is 0. The number of nitrogens with zero attached hydrogens (tertiary/aromatic N) is 2. The zero-order chi connectivity index (χ0) is 14.1. The Bertz CT molecular complexity index is 331. The van der Waals surface area contributed by atoms with Gasteiger partial charge in [0.15, 0.2) is 11.8 Å². The maximum absolute atomic E-state index is 5.98. The van der Waals surface area contributed by atoms with Crippen molar-refractivity contribution in [2.24, 2.45) is 9.98 Å². The molecule has 6 heteroatoms. The van der Waals surface area contributed by atoms with Crippen molar-refractivity contribution < 1.29 is 8.85 Å². The molecule has 0 saturated heterocycles. The molecule has 0 aromatic carbocycles. The van der Waals surface area contributed by atoms with Crippen LogP contribution in [0, 0.1) is 0 Å². The molecule has 0 radical (unpaired) electrons. The van der Waals surface area contributed by atoms with Crippen molar-refractivity contribution in [2.45, 2.75) is 65.2 Å². The number of rotatable bonds is 2. The molecule has 104 valence electrons. The molecule has 1 rings (SSSR count). The highest BCUT2D eigenvalue weighted by Gasteiger charge is 2.30. The van der Waals surface area contributed by atoms with Crippen LogP contribution in [0.4, 0.5) is 0 Å². The van der Waals surface area contributed by atoms with Crippen molar-refractivity contribution in [3.8, 4) is 0 Å². The lowest BCUT2D eigenvalue weighted by molar-refractivity contribution is 0.474. The third kappa shape index (κ3) is 4.93. The molecule has 0 saturated carbocycles. The van der Waals surface area contributed by atoms with E-state index in [-0.39, 0.29) is 12.1 Å². The van der Waals surface area contributed by atoms with Gasteiger partial charge in [0.2, 0.25) is 16.6 Å². The van der Waals surface area contributed by atoms with Crippen LogP contribution in [0.25, 0.3) is 0 Å². The van der Waals surface area contributed by atoms with Gasteiger partial charge in [0.25, 0.3) is 0 Å². The fourth-order valence-corrected chi connectivity index (χ4v) is 3.26. The molecule has 0 aromatic heterocycles. The maximum atomic E-state index is 5.98. The second kappa shape index (κ2) is 5.16. The largest absolute Gasteiger partial charge is 0.533 e. The van der Waals surface area contributed by atoms with Crippen LogP contribution in [0.2, 0.25) is 39.3 Å². The van der Waals surface area contributed by atoms with Crippen LogP contribution in [-0.4, -0.2) is 40.5 Å². The topological polar surface area (TPSA) is 43.2 Å². The van der Waals surface area contributed by atoms with Gasteiger partial charge >= 0.3 is 0 Å². The smallest absolute Gasteiger partial charge is 0.243 e. The molecular weight excluding hydrogens is 260 g/mol. The molecule has 0 bridgehead atoms. The van der Waals surface area contributed by atoms with Crippen LogP contribution >= 0.6 is 0 Å². The lowest BCUT2D eigenvalue weighted by Gasteiger charge is -2.30. The first kappa shape index (κ1) is 15.4. The molecule has 4 nitrogen and oxygen atoms in total. The first-order valence-corrected chi connectivity index (χ1v) is 13.3. The molecule has 2 unspecified atom stereocenters. The van der Waals surface area contributed by atoms with Gasteiger partial charge < -0.3 is 8.85 Å². The van der Waals surface area contributed by atoms with Crippen LogP contribution in [0.5, 0.6) is 0 Å². The van der Waals surface area contributed by atoms with E-state index in [0.29, 0.717) is 0 Å². The van der Waals surface area contributed by atoms with E-state index in [1.54, 1.807) is 0 Å². The van der Waals surface area contributed by atoms with Gasteiger partial charge in [-0.1, -0.05) is 0 Å². The zero-order valence-electron chi connectivity index (χ0n) is 12.9. The summed E-state index contributed by atoms with van der Waals surface area (Å²) in [6.45, 7) is 17.0. The molecule has 0 fully saturated rings. The van der Waals surface area contributed by atoms with E-state index in [1.165, 1.54) is 0 Å². The Morgan fingerprint density at radius 1 is 0.722 bits per heavy atom. The molecule has 1 aliphatic heterocycles. The summed E-state index contributed by atoms with van der Waals surface area (Å²) in [5, 5.41) is 0. The summed E-state index contributed by atoms with van der Waals surface area (Å²) < 4.78 is 12.0. The highest BCUT2D eigenvalue weighted by molar-refractivity contribution is 6.72. The number of hydrogen-bond donors (Lipinski definition) is 0. The standard InChI is InChI=1S/C12H26N2O2Si2/c1-9-11(15-17(3,4)5)14-10(2)12(13-9)16-18(6,7)8/h9-10H,1-8H3. The SMILES string of the molecule is CC1N=C(O[Si](C)(C)C)C(C)N=C1O[Si](C)(C)C. The number of aliphatic imine (C=N–C) groups is 2. The lowest BCUT2D eigenvalue weighted by Crippen LogP contribution is -2.41. The van der Waals surface area contributed by atoms with Crippen molar-refractivity contribution >= 4 is 28.4 Å². The van der Waals surface area contributed by atoms with Gasteiger partial charge in [0, 0.05) is 0 Å². The van der Waals surface area contributed by atoms with Gasteiger partial charge in [-0.3, -0.25) is 0 Å². The quantitative estimate of drug-likeness (QED) is 0.731. The average molecular weight is 287 g/mol. The molecule has 0 aliphatic carbocycles. The van der Waals surface area contributed by atoms with Crippen molar-refractivity contribution in [3.63, 3.8) is 0 Å². The van der Waals surface area contributed by atoms with Crippen LogP contribution in [0.1, 0.15) is 13.8 Å². The van der Waals surface area contributed by atoms with Gasteiger partial charge in [-0.05, 0) is 53.1 Å². The van der Waals surface area contributed by atoms with Crippen LogP contribution in [-0.2, 0) is 8.85 Å². The van der Waals surface area contributed by atoms with Crippen LogP contribution in [0.3, 0.4) is 0 Å². The summed E-state index contributed by atoms with van der Waals surface area (Å²) in [6, 6.07) is -0.0569. The summed E-state index contributed by atoms with van der Waals surface area (Å²) in [5.74, 6) is 1.54. The van der Waals surface area contributed by atoms with E-state index in [1.807, 2.05) is 13.8 Å². The number of hydrogen-bond acceptors (Lipinski definition) is 4. The highest BCUT2D eigenvalue weighted by atomic mass is 28.4. The molecule has 1 aliphatic rings. The van der Waals surface area contributed by atoms with Gasteiger partial charge in [0.1, 0.15) is 12.1 Å². The van der Waals surface area contributed by atoms with Gasteiger partial charge in [-0.15, -0.1) is 0 Å². The molecule has 0 amide bonds. The Kier molecular flexibility index (Phi) is 4.43. The molecule has 0 N–H and O–H groups in total. The summed E-state index contributed by atoms with van der Waals surface area (Å²) in [4.78, 5) is 9.22. The van der Waals surface area contributed by atoms with Crippen molar-refractivity contribution in [2.75, 3.05) is 0 Å². The van der Waals surface area contributed by atoms with Gasteiger partial charge in [0.05, 0.1) is 0 Å². The molecule has 1 heterocycles. The van der Waals surface area contributed by atoms with Crippen LogP contribution in [0.15, 0.2) is 9.98 Å². The van der Waals surface area contributed by atoms with E-state index in [9.17, 15) is 0 Å². The normalized spacial score (nSPS) is 25.3. The zero-order valence-corrected chi connectivity index (χ0v) is 14.9. The van der Waals surface area contributed by atoms with Crippen LogP contribution < -0.4 is 0 Å². The molecule has 0 aromatic rings. The monoisotopic (exact) mass is 286 g/mol. The Labute approximate surface area is 113 Å². The summed E-state index contributed by atoms with van der Waals surface area (Å²) in [7, 11) is -3.23. The van der Waals surface area contributed by atoms with Crippen molar-refractivity contribution in [1.29, 1.82) is 0 Å². The summed E-state index contributed by atoms with van der Waals surface area (Å²) in [6.07, 6.45) is 0. The Morgan fingerprint density at radius 2 is 1.00 bits per heavy atom. The van der Waals surface area contributed by atoms with E-state index >= 15 is 0 Å². The Balaban J connectivity index is 2.80. The fourth-order valence-electron chi connectivity index (χ4n) is 1.56. The van der Waals surface area contributed by atoms with Gasteiger partial charge in [-0.25, -0.2) is 9.98 Å². The first-order chi connectivity index (χ1) is 7.98. The van der Waals surface area contributed by atoms with E-state index < -0.39 is 16.6 Å². The molecule has 2 atom stereocenters. The van der Waals surface area contributed by atoms with Gasteiger partial charge in [-0.2, -0.15) is 0 Å². The third-order valence-corrected chi connectivity index (χ3v) is 3.82. The lowest BCUT2D eigenvalue weighted by atomic mass is 10.2. The maximum Gasteiger partial charge on any atom is 0.243 e. The second-order valence-electron chi connectivity index (χ2n) is 6.72. The van der Waals surface area contributed by atoms with E-state index in [2.05, 4.69) is 49.3 Å². The van der Waals surface area contributed by atoms with Crippen molar-refractivity contribution in [3.05, 3.63) is 0 Å². The van der Waals surface area contributed by atoms with E-state index in [0.717, 1.165) is 11.8 Å². The fraction of sp³-hybridized carbons (Fsp3) is 0.833. The Hall–Kier alpha value is -0.626. The Morgan fingerprint density at radius 3 is 1.22 bits per heavy atom. The molecule has 18 heavy (non-hydrogen) atoms. The molecular formula is C12H26N2O2Si2. The third-order valence-electron chi connectivity index (χ3n) is 2.18. The minimum Gasteiger partial charge on any atom is -0.533 e. The average Bonchev–Trinajstić information content (AvgIpc) is 2.08. The minimum absolute atomic E-state index is 0.0284. The highest BCUT2D eigenvalue weighted by Crippen LogP contribution is 2.17. The molecule has 0 spiro atoms. The predicted octanol–water partition coefficient (Wildman–Crippen LogP) is 3.28. The van der Waals surface area contributed by atoms with Crippen molar-refractivity contribution in [1.82, 2.24) is 0 Å². The minimum atomic E-state index is -1.62. The second-order valence-corrected chi connectivity index (χ2v) is 15.6.